The van der Waals surface area contributed by atoms with Crippen LogP contribution in [0.5, 0.6) is 0 Å². The van der Waals surface area contributed by atoms with Gasteiger partial charge < -0.3 is 11.1 Å². The lowest BCUT2D eigenvalue weighted by Gasteiger charge is -2.12. The Balaban J connectivity index is 2.57. The van der Waals surface area contributed by atoms with Crippen molar-refractivity contribution in [1.29, 1.82) is 0 Å². The van der Waals surface area contributed by atoms with Crippen molar-refractivity contribution >= 4 is 34.7 Å². The zero-order valence-electron chi connectivity index (χ0n) is 9.39. The van der Waals surface area contributed by atoms with Crippen LogP contribution in [0.1, 0.15) is 13.3 Å². The predicted molar refractivity (Wildman–Crippen MR) is 71.9 cm³/mol. The van der Waals surface area contributed by atoms with Gasteiger partial charge in [-0.25, -0.2) is 4.39 Å². The van der Waals surface area contributed by atoms with Crippen LogP contribution in [0.25, 0.3) is 0 Å². The van der Waals surface area contributed by atoms with Crippen LogP contribution >= 0.6 is 23.4 Å². The molecule has 90 valence electrons. The molecule has 3 N–H and O–H groups in total. The van der Waals surface area contributed by atoms with Gasteiger partial charge in [0.05, 0.1) is 16.4 Å². The van der Waals surface area contributed by atoms with Crippen LogP contribution in [0.3, 0.4) is 0 Å². The first-order valence-electron chi connectivity index (χ1n) is 5.05. The van der Waals surface area contributed by atoms with Crippen molar-refractivity contribution < 1.29 is 4.39 Å². The lowest BCUT2D eigenvalue weighted by molar-refractivity contribution is 0.629. The third kappa shape index (κ3) is 3.76. The molecule has 0 radical (unpaired) electrons. The molecule has 0 fully saturated rings. The van der Waals surface area contributed by atoms with Gasteiger partial charge in [0, 0.05) is 17.9 Å². The normalized spacial score (nSPS) is 12.5. The van der Waals surface area contributed by atoms with Crippen molar-refractivity contribution in [3.8, 4) is 0 Å². The largest absolute Gasteiger partial charge is 0.397 e. The number of hydrogen-bond acceptors (Lipinski definition) is 3. The Kier molecular flexibility index (Phi) is 5.22. The van der Waals surface area contributed by atoms with Crippen molar-refractivity contribution in [2.24, 2.45) is 0 Å². The monoisotopic (exact) mass is 262 g/mol. The summed E-state index contributed by atoms with van der Waals surface area (Å²) in [5, 5.41) is 3.74. The summed E-state index contributed by atoms with van der Waals surface area (Å²) in [6, 6.07) is 2.76. The number of nitrogen functional groups attached to an aromatic ring is 1. The number of anilines is 2. The van der Waals surface area contributed by atoms with Crippen LogP contribution in [0.4, 0.5) is 15.8 Å². The molecular weight excluding hydrogens is 247 g/mol. The molecule has 0 saturated carbocycles. The van der Waals surface area contributed by atoms with Crippen molar-refractivity contribution in [2.75, 3.05) is 23.9 Å². The summed E-state index contributed by atoms with van der Waals surface area (Å²) in [6.45, 7) is 2.92. The number of nitrogens with two attached hydrogens (primary N) is 1. The first kappa shape index (κ1) is 13.5. The van der Waals surface area contributed by atoms with Gasteiger partial charge in [-0.2, -0.15) is 11.8 Å². The Morgan fingerprint density at radius 1 is 1.56 bits per heavy atom. The Hall–Kier alpha value is -0.610. The van der Waals surface area contributed by atoms with Crippen molar-refractivity contribution in [2.45, 2.75) is 18.6 Å². The summed E-state index contributed by atoms with van der Waals surface area (Å²) in [5.74, 6) is -0.448. The molecule has 0 spiro atoms. The lowest BCUT2D eigenvalue weighted by Crippen LogP contribution is -2.09. The molecule has 1 atom stereocenters. The molecule has 1 unspecified atom stereocenters. The highest BCUT2D eigenvalue weighted by molar-refractivity contribution is 7.99. The highest BCUT2D eigenvalue weighted by Gasteiger charge is 2.06. The van der Waals surface area contributed by atoms with E-state index in [9.17, 15) is 4.39 Å². The van der Waals surface area contributed by atoms with E-state index in [-0.39, 0.29) is 5.02 Å². The number of nitrogens with one attached hydrogen (secondary N) is 1. The SMILES string of the molecule is CSC(C)CCNc1cc(F)c(Cl)cc1N. The molecule has 1 rings (SSSR count). The van der Waals surface area contributed by atoms with Gasteiger partial charge in [-0.3, -0.25) is 0 Å². The molecule has 2 nitrogen and oxygen atoms in total. The van der Waals surface area contributed by atoms with E-state index in [0.29, 0.717) is 16.6 Å². The second kappa shape index (κ2) is 6.21. The standard InChI is InChI=1S/C11H16ClFN2S/c1-7(16-2)3-4-15-11-6-9(13)8(12)5-10(11)14/h5-7,15H,3-4,14H2,1-2H3. The van der Waals surface area contributed by atoms with Gasteiger partial charge in [0.15, 0.2) is 0 Å². The minimum absolute atomic E-state index is 0.0560. The third-order valence-electron chi connectivity index (χ3n) is 2.36. The summed E-state index contributed by atoms with van der Waals surface area (Å²) < 4.78 is 13.2. The number of thioether (sulfide) groups is 1. The first-order valence-corrected chi connectivity index (χ1v) is 6.72. The van der Waals surface area contributed by atoms with Crippen LogP contribution in [0, 0.1) is 5.82 Å². The number of hydrogen-bond donors (Lipinski definition) is 2. The first-order chi connectivity index (χ1) is 7.54. The number of halogens is 2. The molecule has 0 aliphatic rings. The van der Waals surface area contributed by atoms with Gasteiger partial charge in [-0.05, 0) is 18.7 Å². The third-order valence-corrected chi connectivity index (χ3v) is 3.69. The zero-order valence-corrected chi connectivity index (χ0v) is 11.0. The molecule has 0 saturated heterocycles. The fraction of sp³-hybridized carbons (Fsp3) is 0.455. The van der Waals surface area contributed by atoms with E-state index in [1.54, 1.807) is 11.8 Å². The van der Waals surface area contributed by atoms with Gasteiger partial charge in [0.1, 0.15) is 5.82 Å². The fourth-order valence-electron chi connectivity index (χ4n) is 1.24. The van der Waals surface area contributed by atoms with Gasteiger partial charge >= 0.3 is 0 Å². The number of rotatable bonds is 5. The van der Waals surface area contributed by atoms with Crippen LogP contribution in [-0.4, -0.2) is 18.1 Å². The minimum Gasteiger partial charge on any atom is -0.397 e. The lowest BCUT2D eigenvalue weighted by atomic mass is 10.2. The van der Waals surface area contributed by atoms with Crippen molar-refractivity contribution in [3.05, 3.63) is 23.0 Å². The summed E-state index contributed by atoms with van der Waals surface area (Å²) >= 11 is 7.41. The number of benzene rings is 1. The molecule has 0 amide bonds. The van der Waals surface area contributed by atoms with E-state index in [2.05, 4.69) is 18.5 Å². The predicted octanol–water partition coefficient (Wildman–Crippen LogP) is 3.61. The second-order valence-corrected chi connectivity index (χ2v) is 5.30. The van der Waals surface area contributed by atoms with Gasteiger partial charge in [-0.15, -0.1) is 0 Å². The van der Waals surface area contributed by atoms with E-state index in [4.69, 9.17) is 17.3 Å². The highest BCUT2D eigenvalue weighted by Crippen LogP contribution is 2.26. The topological polar surface area (TPSA) is 38.0 Å². The Morgan fingerprint density at radius 2 is 2.25 bits per heavy atom. The van der Waals surface area contributed by atoms with Crippen molar-refractivity contribution in [3.63, 3.8) is 0 Å². The van der Waals surface area contributed by atoms with E-state index in [1.165, 1.54) is 12.1 Å². The van der Waals surface area contributed by atoms with E-state index >= 15 is 0 Å². The average molecular weight is 263 g/mol. The van der Waals surface area contributed by atoms with Crippen molar-refractivity contribution in [1.82, 2.24) is 0 Å². The fourth-order valence-corrected chi connectivity index (χ4v) is 1.77. The van der Waals surface area contributed by atoms with Crippen LogP contribution in [-0.2, 0) is 0 Å². The highest BCUT2D eigenvalue weighted by atomic mass is 35.5. The van der Waals surface area contributed by atoms with Gasteiger partial charge in [0.25, 0.3) is 0 Å². The summed E-state index contributed by atoms with van der Waals surface area (Å²) in [4.78, 5) is 0. The molecule has 1 aromatic carbocycles. The molecule has 0 aromatic heterocycles. The summed E-state index contributed by atoms with van der Waals surface area (Å²) in [5.41, 5.74) is 6.80. The Morgan fingerprint density at radius 3 is 2.88 bits per heavy atom. The molecule has 0 bridgehead atoms. The van der Waals surface area contributed by atoms with Gasteiger partial charge in [0.2, 0.25) is 0 Å². The summed E-state index contributed by atoms with van der Waals surface area (Å²) in [7, 11) is 0. The molecular formula is C11H16ClFN2S. The molecule has 1 aromatic rings. The minimum atomic E-state index is -0.448. The van der Waals surface area contributed by atoms with Gasteiger partial charge in [-0.1, -0.05) is 18.5 Å². The van der Waals surface area contributed by atoms with Crippen LogP contribution < -0.4 is 11.1 Å². The van der Waals surface area contributed by atoms with E-state index < -0.39 is 5.82 Å². The Bertz CT molecular complexity index is 360. The van der Waals surface area contributed by atoms with Crippen LogP contribution in [0.15, 0.2) is 12.1 Å². The quantitative estimate of drug-likeness (QED) is 0.796. The Labute approximate surface area is 105 Å². The summed E-state index contributed by atoms with van der Waals surface area (Å²) in [6.07, 6.45) is 3.08. The zero-order chi connectivity index (χ0) is 12.1. The molecule has 0 heterocycles. The van der Waals surface area contributed by atoms with E-state index in [1.807, 2.05) is 0 Å². The smallest absolute Gasteiger partial charge is 0.143 e. The van der Waals surface area contributed by atoms with Crippen LogP contribution in [0.2, 0.25) is 5.02 Å². The second-order valence-electron chi connectivity index (χ2n) is 3.62. The molecule has 5 heteroatoms. The molecule has 16 heavy (non-hydrogen) atoms. The molecule has 0 aliphatic heterocycles. The maximum atomic E-state index is 13.2. The maximum Gasteiger partial charge on any atom is 0.143 e. The van der Waals surface area contributed by atoms with E-state index in [0.717, 1.165) is 13.0 Å². The average Bonchev–Trinajstić information content (AvgIpc) is 2.25. The maximum absolute atomic E-state index is 13.2. The molecule has 0 aliphatic carbocycles.